The maximum atomic E-state index is 12.4. The first-order valence-electron chi connectivity index (χ1n) is 7.48. The summed E-state index contributed by atoms with van der Waals surface area (Å²) in [7, 11) is 0. The molecule has 0 fully saturated rings. The number of fused-ring (bicyclic) bond motifs is 3. The highest BCUT2D eigenvalue weighted by molar-refractivity contribution is 6.01. The van der Waals surface area contributed by atoms with Crippen molar-refractivity contribution in [2.45, 2.75) is 20.8 Å². The quantitative estimate of drug-likeness (QED) is 0.429. The molecule has 0 aliphatic rings. The number of rotatable bonds is 1. The van der Waals surface area contributed by atoms with Gasteiger partial charge in [-0.05, 0) is 56.2 Å². The van der Waals surface area contributed by atoms with Crippen LogP contribution in [-0.2, 0) is 0 Å². The SMILES string of the molecule is Cc1cc(-c2cc3c(=O)oc4cc(C)c(C)cc4c3oc2=O)n[nH]1. The zero-order chi connectivity index (χ0) is 17.0. The number of nitrogens with zero attached hydrogens (tertiary/aromatic N) is 1. The van der Waals surface area contributed by atoms with Crippen LogP contribution in [0, 0.1) is 20.8 Å². The Labute approximate surface area is 135 Å². The van der Waals surface area contributed by atoms with Crippen LogP contribution in [0.1, 0.15) is 16.8 Å². The van der Waals surface area contributed by atoms with Crippen molar-refractivity contribution in [1.29, 1.82) is 0 Å². The summed E-state index contributed by atoms with van der Waals surface area (Å²) in [4.78, 5) is 24.7. The number of hydrogen-bond donors (Lipinski definition) is 1. The second-order valence-electron chi connectivity index (χ2n) is 5.95. The van der Waals surface area contributed by atoms with Gasteiger partial charge in [-0.25, -0.2) is 9.59 Å². The molecule has 0 bridgehead atoms. The Kier molecular flexibility index (Phi) is 2.96. The van der Waals surface area contributed by atoms with Gasteiger partial charge in [-0.15, -0.1) is 0 Å². The first-order valence-corrected chi connectivity index (χ1v) is 7.48. The molecule has 0 radical (unpaired) electrons. The summed E-state index contributed by atoms with van der Waals surface area (Å²) in [5.74, 6) is 0. The van der Waals surface area contributed by atoms with E-state index in [2.05, 4.69) is 10.2 Å². The van der Waals surface area contributed by atoms with E-state index < -0.39 is 11.3 Å². The highest BCUT2D eigenvalue weighted by Gasteiger charge is 2.16. The van der Waals surface area contributed by atoms with Gasteiger partial charge >= 0.3 is 11.3 Å². The lowest BCUT2D eigenvalue weighted by Gasteiger charge is -2.05. The number of hydrogen-bond acceptors (Lipinski definition) is 5. The van der Waals surface area contributed by atoms with E-state index in [1.165, 1.54) is 6.07 Å². The van der Waals surface area contributed by atoms with E-state index in [4.69, 9.17) is 8.83 Å². The molecule has 1 aromatic carbocycles. The lowest BCUT2D eigenvalue weighted by Crippen LogP contribution is -2.08. The fourth-order valence-electron chi connectivity index (χ4n) is 2.76. The minimum Gasteiger partial charge on any atom is -0.422 e. The number of benzene rings is 1. The number of aromatic amines is 1. The Morgan fingerprint density at radius 2 is 1.62 bits per heavy atom. The number of aromatic nitrogens is 2. The molecule has 0 saturated carbocycles. The van der Waals surface area contributed by atoms with Gasteiger partial charge < -0.3 is 8.83 Å². The molecule has 0 spiro atoms. The lowest BCUT2D eigenvalue weighted by atomic mass is 10.1. The van der Waals surface area contributed by atoms with Crippen LogP contribution in [0.2, 0.25) is 0 Å². The third-order valence-electron chi connectivity index (χ3n) is 4.19. The summed E-state index contributed by atoms with van der Waals surface area (Å²) in [5.41, 5.74) is 3.04. The molecule has 6 nitrogen and oxygen atoms in total. The summed E-state index contributed by atoms with van der Waals surface area (Å²) in [6, 6.07) is 6.83. The van der Waals surface area contributed by atoms with E-state index in [1.807, 2.05) is 26.8 Å². The van der Waals surface area contributed by atoms with Crippen LogP contribution in [-0.4, -0.2) is 10.2 Å². The molecule has 3 aromatic heterocycles. The fraction of sp³-hybridized carbons (Fsp3) is 0.167. The van der Waals surface area contributed by atoms with Crippen molar-refractivity contribution >= 4 is 21.9 Å². The van der Waals surface area contributed by atoms with Crippen molar-refractivity contribution in [3.63, 3.8) is 0 Å². The highest BCUT2D eigenvalue weighted by atomic mass is 16.4. The van der Waals surface area contributed by atoms with Crippen molar-refractivity contribution in [1.82, 2.24) is 10.2 Å². The fourth-order valence-corrected chi connectivity index (χ4v) is 2.76. The monoisotopic (exact) mass is 322 g/mol. The van der Waals surface area contributed by atoms with E-state index in [1.54, 1.807) is 12.1 Å². The maximum Gasteiger partial charge on any atom is 0.347 e. The van der Waals surface area contributed by atoms with E-state index in [-0.39, 0.29) is 16.5 Å². The summed E-state index contributed by atoms with van der Waals surface area (Å²) in [6.45, 7) is 5.70. The van der Waals surface area contributed by atoms with Gasteiger partial charge in [-0.2, -0.15) is 5.10 Å². The van der Waals surface area contributed by atoms with Crippen LogP contribution in [0.3, 0.4) is 0 Å². The number of H-pyrrole nitrogens is 1. The van der Waals surface area contributed by atoms with E-state index >= 15 is 0 Å². The van der Waals surface area contributed by atoms with Gasteiger partial charge in [0.1, 0.15) is 11.0 Å². The minimum atomic E-state index is -0.544. The van der Waals surface area contributed by atoms with Gasteiger partial charge in [0.05, 0.1) is 16.6 Å². The standard InChI is InChI=1S/C18H14N2O4/c1-8-4-12-15(5-9(8)2)23-18(22)13-7-11(17(21)24-16(12)13)14-6-10(3)19-20-14/h4-7H,1-3H3,(H,19,20). The number of aryl methyl sites for hydroxylation is 3. The van der Waals surface area contributed by atoms with Crippen LogP contribution < -0.4 is 11.3 Å². The second kappa shape index (κ2) is 4.92. The van der Waals surface area contributed by atoms with Gasteiger partial charge in [-0.1, -0.05) is 0 Å². The Hall–Kier alpha value is -3.15. The summed E-state index contributed by atoms with van der Waals surface area (Å²) in [6.07, 6.45) is 0. The van der Waals surface area contributed by atoms with Crippen molar-refractivity contribution in [3.8, 4) is 11.3 Å². The van der Waals surface area contributed by atoms with Crippen molar-refractivity contribution in [2.24, 2.45) is 0 Å². The second-order valence-corrected chi connectivity index (χ2v) is 5.95. The third-order valence-corrected chi connectivity index (χ3v) is 4.19. The molecule has 4 aromatic rings. The van der Waals surface area contributed by atoms with E-state index in [0.29, 0.717) is 16.7 Å². The van der Waals surface area contributed by atoms with Crippen molar-refractivity contribution in [2.75, 3.05) is 0 Å². The first kappa shape index (κ1) is 14.4. The topological polar surface area (TPSA) is 89.1 Å². The molecule has 4 rings (SSSR count). The number of nitrogens with one attached hydrogen (secondary N) is 1. The maximum absolute atomic E-state index is 12.4. The molecular formula is C18H14N2O4. The van der Waals surface area contributed by atoms with Crippen LogP contribution in [0.25, 0.3) is 33.2 Å². The summed E-state index contributed by atoms with van der Waals surface area (Å²) in [5, 5.41) is 7.65. The molecule has 3 heterocycles. The average Bonchev–Trinajstić information content (AvgIpc) is 2.95. The van der Waals surface area contributed by atoms with Gasteiger partial charge in [-0.3, -0.25) is 5.10 Å². The highest BCUT2D eigenvalue weighted by Crippen LogP contribution is 2.27. The normalized spacial score (nSPS) is 11.5. The molecule has 120 valence electrons. The molecule has 1 N–H and O–H groups in total. The van der Waals surface area contributed by atoms with Gasteiger partial charge in [0.2, 0.25) is 0 Å². The molecule has 0 unspecified atom stereocenters. The zero-order valence-electron chi connectivity index (χ0n) is 13.4. The predicted molar refractivity (Wildman–Crippen MR) is 90.3 cm³/mol. The largest absolute Gasteiger partial charge is 0.422 e. The molecule has 24 heavy (non-hydrogen) atoms. The molecule has 6 heteroatoms. The molecule has 0 aliphatic heterocycles. The predicted octanol–water partition coefficient (Wildman–Crippen LogP) is 3.21. The smallest absolute Gasteiger partial charge is 0.347 e. The molecule has 0 amide bonds. The minimum absolute atomic E-state index is 0.223. The van der Waals surface area contributed by atoms with E-state index in [9.17, 15) is 9.59 Å². The molecule has 0 aliphatic carbocycles. The van der Waals surface area contributed by atoms with Gasteiger partial charge in [0, 0.05) is 5.69 Å². The van der Waals surface area contributed by atoms with Crippen molar-refractivity contribution in [3.05, 3.63) is 61.9 Å². The Morgan fingerprint density at radius 3 is 2.33 bits per heavy atom. The molecule has 0 atom stereocenters. The van der Waals surface area contributed by atoms with Crippen LogP contribution >= 0.6 is 0 Å². The van der Waals surface area contributed by atoms with E-state index in [0.717, 1.165) is 16.8 Å². The van der Waals surface area contributed by atoms with Crippen LogP contribution in [0.4, 0.5) is 0 Å². The Morgan fingerprint density at radius 1 is 0.875 bits per heavy atom. The Balaban J connectivity index is 2.14. The Bertz CT molecular complexity index is 1230. The zero-order valence-corrected chi connectivity index (χ0v) is 13.4. The van der Waals surface area contributed by atoms with Crippen molar-refractivity contribution < 1.29 is 8.83 Å². The lowest BCUT2D eigenvalue weighted by molar-refractivity contribution is 0.544. The van der Waals surface area contributed by atoms with Crippen LogP contribution in [0.15, 0.2) is 42.7 Å². The van der Waals surface area contributed by atoms with Gasteiger partial charge in [0.25, 0.3) is 0 Å². The van der Waals surface area contributed by atoms with Gasteiger partial charge in [0.15, 0.2) is 5.58 Å². The third kappa shape index (κ3) is 2.07. The summed E-state index contributed by atoms with van der Waals surface area (Å²) < 4.78 is 10.9. The molecular weight excluding hydrogens is 308 g/mol. The first-order chi connectivity index (χ1) is 11.4. The van der Waals surface area contributed by atoms with Crippen LogP contribution in [0.5, 0.6) is 0 Å². The molecule has 0 saturated heterocycles. The average molecular weight is 322 g/mol. The summed E-state index contributed by atoms with van der Waals surface area (Å²) >= 11 is 0.